The predicted molar refractivity (Wildman–Crippen MR) is 89.9 cm³/mol. The highest BCUT2D eigenvalue weighted by Gasteiger charge is 2.16. The molecular formula is C16H24N4S. The van der Waals surface area contributed by atoms with E-state index in [9.17, 15) is 0 Å². The molecule has 4 nitrogen and oxygen atoms in total. The zero-order valence-corrected chi connectivity index (χ0v) is 14.2. The first-order valence-electron chi connectivity index (χ1n) is 7.31. The third kappa shape index (κ3) is 4.02. The lowest BCUT2D eigenvalue weighted by Gasteiger charge is -2.24. The fourth-order valence-electron chi connectivity index (χ4n) is 2.03. The van der Waals surface area contributed by atoms with Crippen molar-refractivity contribution in [3.63, 3.8) is 0 Å². The largest absolute Gasteiger partial charge is 0.336 e. The molecule has 0 radical (unpaired) electrons. The maximum absolute atomic E-state index is 4.66. The van der Waals surface area contributed by atoms with Gasteiger partial charge in [0.15, 0.2) is 0 Å². The number of thiophene rings is 1. The van der Waals surface area contributed by atoms with Crippen LogP contribution in [0, 0.1) is 6.92 Å². The Morgan fingerprint density at radius 2 is 2.10 bits per heavy atom. The minimum Gasteiger partial charge on any atom is -0.336 e. The molecule has 1 unspecified atom stereocenters. The van der Waals surface area contributed by atoms with E-state index in [4.69, 9.17) is 0 Å². The molecule has 0 saturated heterocycles. The van der Waals surface area contributed by atoms with Crippen molar-refractivity contribution in [1.29, 1.82) is 0 Å². The van der Waals surface area contributed by atoms with Crippen LogP contribution in [0.25, 0.3) is 0 Å². The Bertz CT molecular complexity index is 566. The van der Waals surface area contributed by atoms with Crippen molar-refractivity contribution >= 4 is 17.3 Å². The number of nitrogens with zero attached hydrogens (tertiary/aromatic N) is 3. The molecule has 0 aliphatic rings. The molecule has 0 fully saturated rings. The Morgan fingerprint density at radius 3 is 2.67 bits per heavy atom. The third-order valence-corrected chi connectivity index (χ3v) is 4.66. The summed E-state index contributed by atoms with van der Waals surface area (Å²) in [5.74, 6) is 0.779. The molecule has 1 N–H and O–H groups in total. The molecule has 2 aromatic heterocycles. The zero-order valence-electron chi connectivity index (χ0n) is 13.4. The minimum absolute atomic E-state index is 0.282. The second kappa shape index (κ2) is 7.00. The zero-order chi connectivity index (χ0) is 15.4. The van der Waals surface area contributed by atoms with Gasteiger partial charge in [0, 0.05) is 42.0 Å². The summed E-state index contributed by atoms with van der Waals surface area (Å²) < 4.78 is 0. The molecule has 114 valence electrons. The van der Waals surface area contributed by atoms with Gasteiger partial charge in [0.25, 0.3) is 0 Å². The first kappa shape index (κ1) is 15.9. The van der Waals surface area contributed by atoms with E-state index in [1.165, 1.54) is 4.88 Å². The SMILES string of the molecule is Cc1nc(N(C)C(C)c2cccs2)ncc1CNC(C)C. The van der Waals surface area contributed by atoms with Crippen molar-refractivity contribution < 1.29 is 0 Å². The van der Waals surface area contributed by atoms with Crippen LogP contribution in [0.2, 0.25) is 0 Å². The third-order valence-electron chi connectivity index (χ3n) is 3.62. The smallest absolute Gasteiger partial charge is 0.225 e. The van der Waals surface area contributed by atoms with Crippen LogP contribution in [-0.4, -0.2) is 23.1 Å². The van der Waals surface area contributed by atoms with Gasteiger partial charge in [0.2, 0.25) is 5.95 Å². The first-order chi connectivity index (χ1) is 9.99. The van der Waals surface area contributed by atoms with E-state index in [0.717, 1.165) is 23.8 Å². The summed E-state index contributed by atoms with van der Waals surface area (Å²) in [4.78, 5) is 12.6. The molecule has 0 aromatic carbocycles. The lowest BCUT2D eigenvalue weighted by atomic mass is 10.2. The number of aromatic nitrogens is 2. The van der Waals surface area contributed by atoms with Crippen LogP contribution in [0.3, 0.4) is 0 Å². The second-order valence-corrected chi connectivity index (χ2v) is 6.60. The molecule has 5 heteroatoms. The number of hydrogen-bond donors (Lipinski definition) is 1. The van der Waals surface area contributed by atoms with E-state index in [1.54, 1.807) is 11.3 Å². The fourth-order valence-corrected chi connectivity index (χ4v) is 2.86. The maximum Gasteiger partial charge on any atom is 0.225 e. The average molecular weight is 304 g/mol. The summed E-state index contributed by atoms with van der Waals surface area (Å²) in [5, 5.41) is 5.51. The lowest BCUT2D eigenvalue weighted by molar-refractivity contribution is 0.584. The number of nitrogens with one attached hydrogen (secondary N) is 1. The predicted octanol–water partition coefficient (Wildman–Crippen LogP) is 3.54. The van der Waals surface area contributed by atoms with Crippen LogP contribution in [0.15, 0.2) is 23.7 Å². The topological polar surface area (TPSA) is 41.1 Å². The van der Waals surface area contributed by atoms with Crippen molar-refractivity contribution in [1.82, 2.24) is 15.3 Å². The quantitative estimate of drug-likeness (QED) is 0.886. The summed E-state index contributed by atoms with van der Waals surface area (Å²) >= 11 is 1.77. The summed E-state index contributed by atoms with van der Waals surface area (Å²) in [5.41, 5.74) is 2.20. The van der Waals surface area contributed by atoms with Gasteiger partial charge in [-0.2, -0.15) is 0 Å². The molecule has 0 spiro atoms. The molecule has 0 aliphatic carbocycles. The van der Waals surface area contributed by atoms with Crippen molar-refractivity contribution in [3.8, 4) is 0 Å². The van der Waals surface area contributed by atoms with E-state index < -0.39 is 0 Å². The molecule has 0 saturated carbocycles. The molecule has 0 aliphatic heterocycles. The number of rotatable bonds is 6. The number of anilines is 1. The Kier molecular flexibility index (Phi) is 5.31. The second-order valence-electron chi connectivity index (χ2n) is 5.62. The fraction of sp³-hybridized carbons (Fsp3) is 0.500. The monoisotopic (exact) mass is 304 g/mol. The lowest BCUT2D eigenvalue weighted by Crippen LogP contribution is -2.25. The number of aryl methyl sites for hydroxylation is 1. The van der Waals surface area contributed by atoms with Gasteiger partial charge in [0.05, 0.1) is 6.04 Å². The van der Waals surface area contributed by atoms with Gasteiger partial charge in [0.1, 0.15) is 0 Å². The normalized spacial score (nSPS) is 12.7. The van der Waals surface area contributed by atoms with E-state index in [0.29, 0.717) is 6.04 Å². The molecular weight excluding hydrogens is 280 g/mol. The van der Waals surface area contributed by atoms with Crippen molar-refractivity contribution in [2.45, 2.75) is 46.3 Å². The Morgan fingerprint density at radius 1 is 1.33 bits per heavy atom. The van der Waals surface area contributed by atoms with Gasteiger partial charge < -0.3 is 10.2 Å². The standard InChI is InChI=1S/C16H24N4S/c1-11(2)17-9-14-10-18-16(19-12(14)3)20(5)13(4)15-7-6-8-21-15/h6-8,10-11,13,17H,9H2,1-5H3. The molecule has 1 atom stereocenters. The number of hydrogen-bond acceptors (Lipinski definition) is 5. The molecule has 2 rings (SSSR count). The van der Waals surface area contributed by atoms with Gasteiger partial charge in [-0.25, -0.2) is 9.97 Å². The van der Waals surface area contributed by atoms with Crippen LogP contribution in [0.5, 0.6) is 0 Å². The van der Waals surface area contributed by atoms with Crippen LogP contribution in [-0.2, 0) is 6.54 Å². The average Bonchev–Trinajstić information content (AvgIpc) is 2.98. The van der Waals surface area contributed by atoms with Gasteiger partial charge in [-0.05, 0) is 25.3 Å². The summed E-state index contributed by atoms with van der Waals surface area (Å²) in [6, 6.07) is 4.98. The van der Waals surface area contributed by atoms with Crippen LogP contribution in [0.1, 0.15) is 42.9 Å². The van der Waals surface area contributed by atoms with E-state index in [1.807, 2.05) is 20.2 Å². The maximum atomic E-state index is 4.66. The van der Waals surface area contributed by atoms with E-state index in [2.05, 4.69) is 58.5 Å². The van der Waals surface area contributed by atoms with Crippen LogP contribution in [0.4, 0.5) is 5.95 Å². The summed E-state index contributed by atoms with van der Waals surface area (Å²) in [7, 11) is 2.05. The Labute approximate surface area is 131 Å². The molecule has 21 heavy (non-hydrogen) atoms. The van der Waals surface area contributed by atoms with Crippen molar-refractivity contribution in [2.24, 2.45) is 0 Å². The molecule has 2 aromatic rings. The first-order valence-corrected chi connectivity index (χ1v) is 8.19. The van der Waals surface area contributed by atoms with Gasteiger partial charge >= 0.3 is 0 Å². The van der Waals surface area contributed by atoms with E-state index >= 15 is 0 Å². The van der Waals surface area contributed by atoms with Gasteiger partial charge in [-0.15, -0.1) is 11.3 Å². The van der Waals surface area contributed by atoms with Gasteiger partial charge in [-0.1, -0.05) is 19.9 Å². The Balaban J connectivity index is 2.12. The molecule has 2 heterocycles. The molecule has 0 bridgehead atoms. The van der Waals surface area contributed by atoms with Gasteiger partial charge in [-0.3, -0.25) is 0 Å². The minimum atomic E-state index is 0.282. The summed E-state index contributed by atoms with van der Waals surface area (Å²) in [6.45, 7) is 9.32. The van der Waals surface area contributed by atoms with Crippen molar-refractivity contribution in [3.05, 3.63) is 39.8 Å². The molecule has 0 amide bonds. The van der Waals surface area contributed by atoms with Crippen molar-refractivity contribution in [2.75, 3.05) is 11.9 Å². The highest BCUT2D eigenvalue weighted by molar-refractivity contribution is 7.10. The van der Waals surface area contributed by atoms with Crippen LogP contribution < -0.4 is 10.2 Å². The summed E-state index contributed by atoms with van der Waals surface area (Å²) in [6.07, 6.45) is 1.94. The van der Waals surface area contributed by atoms with Crippen LogP contribution >= 0.6 is 11.3 Å². The van der Waals surface area contributed by atoms with E-state index in [-0.39, 0.29) is 6.04 Å². The Hall–Kier alpha value is -1.46. The highest BCUT2D eigenvalue weighted by Crippen LogP contribution is 2.26. The highest BCUT2D eigenvalue weighted by atomic mass is 32.1.